The minimum Gasteiger partial charge on any atom is -0.373 e. The summed E-state index contributed by atoms with van der Waals surface area (Å²) in [5.74, 6) is 0. The van der Waals surface area contributed by atoms with E-state index in [1.54, 1.807) is 10.4 Å². The molecule has 2 saturated heterocycles. The summed E-state index contributed by atoms with van der Waals surface area (Å²) >= 11 is 4.44. The molecule has 2 nitrogen and oxygen atoms in total. The van der Waals surface area contributed by atoms with Gasteiger partial charge in [-0.15, -0.1) is 11.3 Å². The van der Waals surface area contributed by atoms with Crippen molar-refractivity contribution < 1.29 is 4.74 Å². The molecule has 4 atom stereocenters. The van der Waals surface area contributed by atoms with E-state index in [9.17, 15) is 0 Å². The Labute approximate surface area is 126 Å². The molecule has 1 aliphatic carbocycles. The highest BCUT2D eigenvalue weighted by Gasteiger charge is 2.41. The Kier molecular flexibility index (Phi) is 3.18. The van der Waals surface area contributed by atoms with Crippen LogP contribution in [0.15, 0.2) is 6.07 Å². The molecular formula is C14H18INOS. The SMILES string of the molecule is Ic1cc2c(s1)CCCC2NC1CC2CCC1O2. The topological polar surface area (TPSA) is 21.3 Å². The second-order valence-electron chi connectivity index (χ2n) is 5.76. The lowest BCUT2D eigenvalue weighted by molar-refractivity contribution is 0.0956. The Morgan fingerprint density at radius 1 is 1.33 bits per heavy atom. The summed E-state index contributed by atoms with van der Waals surface area (Å²) in [6.45, 7) is 0. The normalized spacial score (nSPS) is 38.1. The standard InChI is InChI=1S/C14H18INOS/c15-14-7-9-10(2-1-3-13(9)18-14)16-11-6-8-4-5-12(11)17-8/h7-8,10-12,16H,1-6H2. The average Bonchev–Trinajstić information content (AvgIpc) is 3.02. The van der Waals surface area contributed by atoms with Crippen molar-refractivity contribution >= 4 is 33.9 Å². The molecule has 0 aromatic carbocycles. The summed E-state index contributed by atoms with van der Waals surface area (Å²) < 4.78 is 7.40. The molecule has 4 unspecified atom stereocenters. The van der Waals surface area contributed by atoms with Gasteiger partial charge < -0.3 is 10.1 Å². The van der Waals surface area contributed by atoms with E-state index in [1.165, 1.54) is 41.4 Å². The van der Waals surface area contributed by atoms with Crippen LogP contribution in [0.1, 0.15) is 48.6 Å². The molecule has 3 aliphatic rings. The minimum absolute atomic E-state index is 0.498. The molecule has 0 radical (unpaired) electrons. The second kappa shape index (κ2) is 4.72. The fourth-order valence-corrected chi connectivity index (χ4v) is 5.89. The Morgan fingerprint density at radius 2 is 2.28 bits per heavy atom. The van der Waals surface area contributed by atoms with Gasteiger partial charge in [-0.25, -0.2) is 0 Å². The maximum Gasteiger partial charge on any atom is 0.0733 e. The molecule has 4 rings (SSSR count). The number of nitrogens with one attached hydrogen (secondary N) is 1. The van der Waals surface area contributed by atoms with Crippen LogP contribution in [0.25, 0.3) is 0 Å². The first-order chi connectivity index (χ1) is 8.79. The molecule has 1 aromatic heterocycles. The molecule has 1 aromatic rings. The first-order valence-corrected chi connectivity index (χ1v) is 8.89. The van der Waals surface area contributed by atoms with Crippen LogP contribution in [0.4, 0.5) is 0 Å². The number of rotatable bonds is 2. The van der Waals surface area contributed by atoms with Crippen molar-refractivity contribution in [2.24, 2.45) is 0 Å². The van der Waals surface area contributed by atoms with Crippen LogP contribution in [0.2, 0.25) is 0 Å². The minimum atomic E-state index is 0.498. The van der Waals surface area contributed by atoms with Crippen LogP contribution in [0, 0.1) is 2.88 Å². The monoisotopic (exact) mass is 375 g/mol. The molecule has 1 N–H and O–H groups in total. The van der Waals surface area contributed by atoms with Crippen molar-refractivity contribution in [1.82, 2.24) is 5.32 Å². The third kappa shape index (κ3) is 2.05. The molecule has 0 saturated carbocycles. The molecule has 18 heavy (non-hydrogen) atoms. The van der Waals surface area contributed by atoms with E-state index in [2.05, 4.69) is 34.0 Å². The van der Waals surface area contributed by atoms with Gasteiger partial charge in [0.15, 0.2) is 0 Å². The van der Waals surface area contributed by atoms with E-state index in [4.69, 9.17) is 4.74 Å². The van der Waals surface area contributed by atoms with Crippen LogP contribution < -0.4 is 5.32 Å². The number of thiophene rings is 1. The summed E-state index contributed by atoms with van der Waals surface area (Å²) in [4.78, 5) is 1.62. The fourth-order valence-electron chi connectivity index (χ4n) is 3.77. The zero-order chi connectivity index (χ0) is 12.1. The largest absolute Gasteiger partial charge is 0.373 e. The quantitative estimate of drug-likeness (QED) is 0.797. The summed E-state index contributed by atoms with van der Waals surface area (Å²) in [5, 5.41) is 3.90. The zero-order valence-corrected chi connectivity index (χ0v) is 13.3. The van der Waals surface area contributed by atoms with Crippen LogP contribution in [0.3, 0.4) is 0 Å². The highest BCUT2D eigenvalue weighted by atomic mass is 127. The molecular weight excluding hydrogens is 357 g/mol. The first-order valence-electron chi connectivity index (χ1n) is 6.99. The third-order valence-electron chi connectivity index (χ3n) is 4.60. The van der Waals surface area contributed by atoms with E-state index in [-0.39, 0.29) is 0 Å². The van der Waals surface area contributed by atoms with Gasteiger partial charge in [-0.2, -0.15) is 0 Å². The van der Waals surface area contributed by atoms with Crippen molar-refractivity contribution in [2.75, 3.05) is 0 Å². The molecule has 4 heteroatoms. The van der Waals surface area contributed by atoms with Gasteiger partial charge in [-0.1, -0.05) is 0 Å². The summed E-state index contributed by atoms with van der Waals surface area (Å²) in [5.41, 5.74) is 1.58. The number of aryl methyl sites for hydroxylation is 1. The van der Waals surface area contributed by atoms with E-state index in [1.807, 2.05) is 11.3 Å². The molecule has 2 aliphatic heterocycles. The Balaban J connectivity index is 1.52. The lowest BCUT2D eigenvalue weighted by atomic mass is 9.90. The molecule has 2 bridgehead atoms. The van der Waals surface area contributed by atoms with Gasteiger partial charge in [-0.05, 0) is 72.7 Å². The van der Waals surface area contributed by atoms with E-state index >= 15 is 0 Å². The van der Waals surface area contributed by atoms with Gasteiger partial charge in [0.2, 0.25) is 0 Å². The van der Waals surface area contributed by atoms with Gasteiger partial charge in [0.25, 0.3) is 0 Å². The lowest BCUT2D eigenvalue weighted by Crippen LogP contribution is -2.40. The Morgan fingerprint density at radius 3 is 3.06 bits per heavy atom. The smallest absolute Gasteiger partial charge is 0.0733 e. The van der Waals surface area contributed by atoms with Crippen molar-refractivity contribution in [3.63, 3.8) is 0 Å². The molecule has 0 amide bonds. The van der Waals surface area contributed by atoms with Gasteiger partial charge in [-0.3, -0.25) is 0 Å². The molecule has 98 valence electrons. The van der Waals surface area contributed by atoms with Gasteiger partial charge in [0.05, 0.1) is 15.1 Å². The zero-order valence-electron chi connectivity index (χ0n) is 10.3. The third-order valence-corrected chi connectivity index (χ3v) is 6.58. The summed E-state index contributed by atoms with van der Waals surface area (Å²) in [7, 11) is 0. The van der Waals surface area contributed by atoms with Crippen LogP contribution in [-0.4, -0.2) is 18.2 Å². The average molecular weight is 375 g/mol. The molecule has 3 heterocycles. The van der Waals surface area contributed by atoms with Crippen LogP contribution in [-0.2, 0) is 11.2 Å². The van der Waals surface area contributed by atoms with Gasteiger partial charge in [0, 0.05) is 17.0 Å². The van der Waals surface area contributed by atoms with E-state index < -0.39 is 0 Å². The van der Waals surface area contributed by atoms with Crippen molar-refractivity contribution in [3.8, 4) is 0 Å². The maximum absolute atomic E-state index is 5.96. The fraction of sp³-hybridized carbons (Fsp3) is 0.714. The van der Waals surface area contributed by atoms with Crippen molar-refractivity contribution in [3.05, 3.63) is 19.4 Å². The van der Waals surface area contributed by atoms with E-state index in [0.717, 1.165) is 0 Å². The summed E-state index contributed by atoms with van der Waals surface area (Å²) in [6.07, 6.45) is 8.76. The van der Waals surface area contributed by atoms with E-state index in [0.29, 0.717) is 24.3 Å². The highest BCUT2D eigenvalue weighted by Crippen LogP contribution is 2.40. The summed E-state index contributed by atoms with van der Waals surface area (Å²) in [6, 6.07) is 3.59. The van der Waals surface area contributed by atoms with Crippen molar-refractivity contribution in [1.29, 1.82) is 0 Å². The van der Waals surface area contributed by atoms with Crippen molar-refractivity contribution in [2.45, 2.75) is 62.8 Å². The number of ether oxygens (including phenoxy) is 1. The highest BCUT2D eigenvalue weighted by molar-refractivity contribution is 14.1. The Hall–Kier alpha value is 0.350. The number of hydrogen-bond acceptors (Lipinski definition) is 3. The number of fused-ring (bicyclic) bond motifs is 3. The van der Waals surface area contributed by atoms with Gasteiger partial charge in [0.1, 0.15) is 0 Å². The predicted octanol–water partition coefficient (Wildman–Crippen LogP) is 3.64. The van der Waals surface area contributed by atoms with Gasteiger partial charge >= 0.3 is 0 Å². The second-order valence-corrected chi connectivity index (χ2v) is 8.79. The maximum atomic E-state index is 5.96. The van der Waals surface area contributed by atoms with Crippen LogP contribution in [0.5, 0.6) is 0 Å². The first kappa shape index (κ1) is 12.1. The predicted molar refractivity (Wildman–Crippen MR) is 82.2 cm³/mol. The Bertz CT molecular complexity index is 461. The number of hydrogen-bond donors (Lipinski definition) is 1. The molecule has 0 spiro atoms. The molecule has 2 fully saturated rings. The lowest BCUT2D eigenvalue weighted by Gasteiger charge is -2.29. The van der Waals surface area contributed by atoms with Crippen LogP contribution >= 0.6 is 33.9 Å². The number of halogens is 1.